The SMILES string of the molecule is O=S(=O)(c1ccc(N2CC[C@H](F)C2)nc1)N1CCCCC1CCn1ccnn1. The molecule has 2 saturated heterocycles. The van der Waals surface area contributed by atoms with E-state index in [0.29, 0.717) is 44.8 Å². The van der Waals surface area contributed by atoms with Crippen molar-refractivity contribution in [2.75, 3.05) is 24.5 Å². The molecule has 2 aliphatic heterocycles. The van der Waals surface area contributed by atoms with E-state index in [1.807, 2.05) is 4.90 Å². The second-order valence-corrected chi connectivity index (χ2v) is 9.29. The summed E-state index contributed by atoms with van der Waals surface area (Å²) in [7, 11) is -3.62. The van der Waals surface area contributed by atoms with Gasteiger partial charge in [0.25, 0.3) is 0 Å². The predicted octanol–water partition coefficient (Wildman–Crippen LogP) is 1.85. The van der Waals surface area contributed by atoms with Crippen molar-refractivity contribution in [1.82, 2.24) is 24.3 Å². The van der Waals surface area contributed by atoms with E-state index in [2.05, 4.69) is 15.3 Å². The Bertz CT molecular complexity index is 874. The average molecular weight is 409 g/mol. The molecule has 10 heteroatoms. The zero-order valence-corrected chi connectivity index (χ0v) is 16.5. The highest BCUT2D eigenvalue weighted by atomic mass is 32.2. The van der Waals surface area contributed by atoms with E-state index in [0.717, 1.165) is 19.3 Å². The normalized spacial score (nSPS) is 24.0. The molecule has 1 unspecified atom stereocenters. The lowest BCUT2D eigenvalue weighted by Crippen LogP contribution is -2.44. The fourth-order valence-corrected chi connectivity index (χ4v) is 5.65. The summed E-state index contributed by atoms with van der Waals surface area (Å²) >= 11 is 0. The van der Waals surface area contributed by atoms with Crippen LogP contribution < -0.4 is 4.90 Å². The first kappa shape index (κ1) is 19.3. The molecular formula is C18H25FN6O2S. The minimum atomic E-state index is -3.62. The van der Waals surface area contributed by atoms with Gasteiger partial charge in [0, 0.05) is 38.1 Å². The third-order valence-electron chi connectivity index (χ3n) is 5.52. The number of alkyl halides is 1. The Hall–Kier alpha value is -2.07. The van der Waals surface area contributed by atoms with Crippen LogP contribution in [0.4, 0.5) is 10.2 Å². The van der Waals surface area contributed by atoms with Gasteiger partial charge in [-0.1, -0.05) is 11.6 Å². The van der Waals surface area contributed by atoms with Crippen molar-refractivity contribution < 1.29 is 12.8 Å². The molecule has 0 spiro atoms. The summed E-state index contributed by atoms with van der Waals surface area (Å²) in [6.45, 7) is 2.07. The summed E-state index contributed by atoms with van der Waals surface area (Å²) in [5, 5.41) is 7.75. The Kier molecular flexibility index (Phi) is 5.58. The summed E-state index contributed by atoms with van der Waals surface area (Å²) in [6.07, 6.45) is 7.86. The smallest absolute Gasteiger partial charge is 0.244 e. The van der Waals surface area contributed by atoms with Crippen molar-refractivity contribution in [3.63, 3.8) is 0 Å². The van der Waals surface area contributed by atoms with E-state index in [1.54, 1.807) is 33.5 Å². The molecule has 4 rings (SSSR count). The van der Waals surface area contributed by atoms with E-state index in [1.165, 1.54) is 6.20 Å². The highest BCUT2D eigenvalue weighted by Crippen LogP contribution is 2.28. The van der Waals surface area contributed by atoms with Crippen LogP contribution in [0.5, 0.6) is 0 Å². The number of rotatable bonds is 6. The molecule has 2 atom stereocenters. The first-order chi connectivity index (χ1) is 13.5. The summed E-state index contributed by atoms with van der Waals surface area (Å²) < 4.78 is 43.2. The number of anilines is 1. The topological polar surface area (TPSA) is 84.2 Å². The summed E-state index contributed by atoms with van der Waals surface area (Å²) in [4.78, 5) is 6.34. The van der Waals surface area contributed by atoms with Crippen LogP contribution in [0, 0.1) is 0 Å². The maximum absolute atomic E-state index is 13.4. The van der Waals surface area contributed by atoms with Crippen LogP contribution >= 0.6 is 0 Å². The lowest BCUT2D eigenvalue weighted by atomic mass is 10.0. The highest BCUT2D eigenvalue weighted by molar-refractivity contribution is 7.89. The van der Waals surface area contributed by atoms with Gasteiger partial charge in [0.05, 0.1) is 12.7 Å². The fourth-order valence-electron chi connectivity index (χ4n) is 3.99. The Balaban J connectivity index is 1.48. The molecule has 28 heavy (non-hydrogen) atoms. The summed E-state index contributed by atoms with van der Waals surface area (Å²) in [5.74, 6) is 0.625. The van der Waals surface area contributed by atoms with Crippen molar-refractivity contribution in [3.8, 4) is 0 Å². The lowest BCUT2D eigenvalue weighted by Gasteiger charge is -2.34. The standard InChI is InChI=1S/C18H25FN6O2S/c19-15-6-10-23(14-15)18-5-4-17(13-20-18)28(26,27)25-9-2-1-3-16(25)7-11-24-12-8-21-22-24/h4-5,8,12-13,15-16H,1-3,6-7,9-11,14H2/t15-,16?/m0/s1. The van der Waals surface area contributed by atoms with Gasteiger partial charge in [0.15, 0.2) is 0 Å². The molecule has 2 aromatic rings. The Morgan fingerprint density at radius 2 is 2.07 bits per heavy atom. The van der Waals surface area contributed by atoms with Gasteiger partial charge in [0.1, 0.15) is 16.9 Å². The fraction of sp³-hybridized carbons (Fsp3) is 0.611. The number of piperidine rings is 1. The van der Waals surface area contributed by atoms with Gasteiger partial charge in [-0.2, -0.15) is 4.31 Å². The Morgan fingerprint density at radius 3 is 2.75 bits per heavy atom. The van der Waals surface area contributed by atoms with Gasteiger partial charge in [-0.3, -0.25) is 4.68 Å². The lowest BCUT2D eigenvalue weighted by molar-refractivity contribution is 0.231. The van der Waals surface area contributed by atoms with E-state index in [-0.39, 0.29) is 10.9 Å². The number of halogens is 1. The van der Waals surface area contributed by atoms with Crippen LogP contribution in [0.25, 0.3) is 0 Å². The zero-order valence-electron chi connectivity index (χ0n) is 15.7. The number of aryl methyl sites for hydroxylation is 1. The van der Waals surface area contributed by atoms with Crippen LogP contribution in [0.15, 0.2) is 35.6 Å². The molecule has 0 bridgehead atoms. The number of hydrogen-bond acceptors (Lipinski definition) is 6. The summed E-state index contributed by atoms with van der Waals surface area (Å²) in [5.41, 5.74) is 0. The zero-order chi connectivity index (χ0) is 19.6. The number of pyridine rings is 1. The predicted molar refractivity (Wildman–Crippen MR) is 102 cm³/mol. The minimum absolute atomic E-state index is 0.0616. The quantitative estimate of drug-likeness (QED) is 0.725. The average Bonchev–Trinajstić information content (AvgIpc) is 3.38. The maximum atomic E-state index is 13.4. The van der Waals surface area contributed by atoms with E-state index >= 15 is 0 Å². The first-order valence-corrected chi connectivity index (χ1v) is 11.2. The third kappa shape index (κ3) is 4.02. The highest BCUT2D eigenvalue weighted by Gasteiger charge is 2.34. The molecule has 2 aromatic heterocycles. The van der Waals surface area contributed by atoms with E-state index in [4.69, 9.17) is 0 Å². The van der Waals surface area contributed by atoms with E-state index < -0.39 is 16.2 Å². The van der Waals surface area contributed by atoms with Crippen LogP contribution in [-0.2, 0) is 16.6 Å². The molecule has 8 nitrogen and oxygen atoms in total. The first-order valence-electron chi connectivity index (χ1n) is 9.75. The van der Waals surface area contributed by atoms with Gasteiger partial charge < -0.3 is 4.90 Å². The van der Waals surface area contributed by atoms with Gasteiger partial charge in [0.2, 0.25) is 10.0 Å². The van der Waals surface area contributed by atoms with Gasteiger partial charge in [-0.25, -0.2) is 17.8 Å². The number of sulfonamides is 1. The maximum Gasteiger partial charge on any atom is 0.244 e. The molecule has 0 saturated carbocycles. The van der Waals surface area contributed by atoms with Gasteiger partial charge in [-0.05, 0) is 37.8 Å². The van der Waals surface area contributed by atoms with Crippen LogP contribution in [-0.4, -0.2) is 64.5 Å². The largest absolute Gasteiger partial charge is 0.354 e. The number of hydrogen-bond donors (Lipinski definition) is 0. The molecule has 2 fully saturated rings. The molecule has 0 radical (unpaired) electrons. The second kappa shape index (κ2) is 8.12. The molecule has 4 heterocycles. The molecule has 0 N–H and O–H groups in total. The molecule has 2 aliphatic rings. The molecule has 0 aliphatic carbocycles. The molecule has 152 valence electrons. The van der Waals surface area contributed by atoms with Gasteiger partial charge >= 0.3 is 0 Å². The molecule has 0 aromatic carbocycles. The van der Waals surface area contributed by atoms with Crippen molar-refractivity contribution in [2.45, 2.75) is 55.8 Å². The van der Waals surface area contributed by atoms with E-state index in [9.17, 15) is 12.8 Å². The van der Waals surface area contributed by atoms with Crippen LogP contribution in [0.1, 0.15) is 32.1 Å². The third-order valence-corrected chi connectivity index (χ3v) is 7.45. The van der Waals surface area contributed by atoms with Crippen molar-refractivity contribution in [1.29, 1.82) is 0 Å². The van der Waals surface area contributed by atoms with Crippen LogP contribution in [0.3, 0.4) is 0 Å². The Labute approximate surface area is 164 Å². The minimum Gasteiger partial charge on any atom is -0.354 e. The van der Waals surface area contributed by atoms with Crippen molar-refractivity contribution in [3.05, 3.63) is 30.7 Å². The Morgan fingerprint density at radius 1 is 1.18 bits per heavy atom. The molecular weight excluding hydrogens is 383 g/mol. The number of nitrogens with zero attached hydrogens (tertiary/aromatic N) is 6. The van der Waals surface area contributed by atoms with Crippen molar-refractivity contribution in [2.24, 2.45) is 0 Å². The second-order valence-electron chi connectivity index (χ2n) is 7.40. The summed E-state index contributed by atoms with van der Waals surface area (Å²) in [6, 6.07) is 3.21. The van der Waals surface area contributed by atoms with Crippen molar-refractivity contribution >= 4 is 15.8 Å². The van der Waals surface area contributed by atoms with Crippen LogP contribution in [0.2, 0.25) is 0 Å². The monoisotopic (exact) mass is 408 g/mol. The molecule has 0 amide bonds. The van der Waals surface area contributed by atoms with Gasteiger partial charge in [-0.15, -0.1) is 5.10 Å². The number of aromatic nitrogens is 4.